The van der Waals surface area contributed by atoms with Crippen LogP contribution < -0.4 is 15.5 Å². The van der Waals surface area contributed by atoms with E-state index in [2.05, 4.69) is 15.8 Å². The van der Waals surface area contributed by atoms with Crippen LogP contribution in [0.3, 0.4) is 0 Å². The summed E-state index contributed by atoms with van der Waals surface area (Å²) in [5.41, 5.74) is 3.04. The Morgan fingerprint density at radius 3 is 2.63 bits per heavy atom. The van der Waals surface area contributed by atoms with Crippen molar-refractivity contribution in [1.82, 2.24) is 5.43 Å². The highest BCUT2D eigenvalue weighted by Crippen LogP contribution is 2.25. The Morgan fingerprint density at radius 1 is 1.15 bits per heavy atom. The number of phenols is 1. The van der Waals surface area contributed by atoms with E-state index in [4.69, 9.17) is 27.9 Å². The van der Waals surface area contributed by atoms with Crippen molar-refractivity contribution in [1.29, 1.82) is 0 Å². The summed E-state index contributed by atoms with van der Waals surface area (Å²) in [6.45, 7) is 0. The zero-order valence-corrected chi connectivity index (χ0v) is 15.8. The summed E-state index contributed by atoms with van der Waals surface area (Å²) in [6.07, 6.45) is 1.14. The molecule has 2 aromatic rings. The van der Waals surface area contributed by atoms with Gasteiger partial charge in [-0.25, -0.2) is 5.43 Å². The summed E-state index contributed by atoms with van der Waals surface area (Å²) in [5, 5.41) is 16.8. The Balaban J connectivity index is 1.82. The third-order valence-corrected chi connectivity index (χ3v) is 3.97. The molecular formula is C18H17Cl2N3O4. The number of carbonyl (C=O) groups is 2. The average molecular weight is 410 g/mol. The van der Waals surface area contributed by atoms with Crippen molar-refractivity contribution in [2.75, 3.05) is 12.4 Å². The zero-order chi connectivity index (χ0) is 19.8. The second-order valence-corrected chi connectivity index (χ2v) is 6.23. The van der Waals surface area contributed by atoms with Crippen molar-refractivity contribution in [2.45, 2.75) is 12.8 Å². The highest BCUT2D eigenvalue weighted by atomic mass is 35.5. The number of hydrogen-bond donors (Lipinski definition) is 3. The molecule has 0 aromatic heterocycles. The van der Waals surface area contributed by atoms with E-state index in [1.807, 2.05) is 0 Å². The van der Waals surface area contributed by atoms with Crippen LogP contribution in [0.1, 0.15) is 18.4 Å². The first kappa shape index (κ1) is 20.5. The molecule has 0 radical (unpaired) electrons. The number of carbonyl (C=O) groups excluding carboxylic acids is 2. The third-order valence-electron chi connectivity index (χ3n) is 3.41. The first-order chi connectivity index (χ1) is 12.9. The van der Waals surface area contributed by atoms with E-state index in [0.29, 0.717) is 27.0 Å². The summed E-state index contributed by atoms with van der Waals surface area (Å²) < 4.78 is 5.04. The standard InChI is InChI=1S/C18H17Cl2N3O4/c1-27-13-3-5-16(24)11(8-13)10-21-23-18(26)7-6-17(25)22-15-9-12(19)2-4-14(15)20/h2-5,8-10,24H,6-7H2,1H3,(H,22,25)(H,23,26). The van der Waals surface area contributed by atoms with E-state index < -0.39 is 5.91 Å². The molecule has 3 N–H and O–H groups in total. The Morgan fingerprint density at radius 2 is 1.89 bits per heavy atom. The monoisotopic (exact) mass is 409 g/mol. The lowest BCUT2D eigenvalue weighted by Crippen LogP contribution is -2.20. The second-order valence-electron chi connectivity index (χ2n) is 5.39. The first-order valence-electron chi connectivity index (χ1n) is 7.83. The molecule has 0 unspecified atom stereocenters. The molecule has 2 amide bonds. The van der Waals surface area contributed by atoms with Gasteiger partial charge in [-0.2, -0.15) is 5.10 Å². The number of rotatable bonds is 7. The minimum absolute atomic E-state index is 0.00780. The Hall–Kier alpha value is -2.77. The molecule has 0 aliphatic heterocycles. The molecule has 2 rings (SSSR count). The van der Waals surface area contributed by atoms with Crippen LogP contribution in [-0.4, -0.2) is 30.2 Å². The molecule has 0 bridgehead atoms. The number of anilines is 1. The van der Waals surface area contributed by atoms with Crippen LogP contribution in [0.15, 0.2) is 41.5 Å². The summed E-state index contributed by atoms with van der Waals surface area (Å²) in [4.78, 5) is 23.7. The maximum Gasteiger partial charge on any atom is 0.240 e. The Labute approximate surface area is 165 Å². The van der Waals surface area contributed by atoms with Crippen LogP contribution in [-0.2, 0) is 9.59 Å². The first-order valence-corrected chi connectivity index (χ1v) is 8.58. The van der Waals surface area contributed by atoms with Crippen LogP contribution in [0.4, 0.5) is 5.69 Å². The number of ether oxygens (including phenoxy) is 1. The molecule has 0 heterocycles. The van der Waals surface area contributed by atoms with E-state index in [-0.39, 0.29) is 24.5 Å². The number of amides is 2. The number of nitrogens with one attached hydrogen (secondary N) is 2. The number of benzene rings is 2. The maximum atomic E-state index is 11.9. The molecule has 0 fully saturated rings. The van der Waals surface area contributed by atoms with Crippen molar-refractivity contribution in [3.63, 3.8) is 0 Å². The summed E-state index contributed by atoms with van der Waals surface area (Å²) in [6, 6.07) is 9.29. The van der Waals surface area contributed by atoms with Gasteiger partial charge in [-0.05, 0) is 36.4 Å². The van der Waals surface area contributed by atoms with Crippen LogP contribution >= 0.6 is 23.2 Å². The highest BCUT2D eigenvalue weighted by Gasteiger charge is 2.09. The van der Waals surface area contributed by atoms with Crippen molar-refractivity contribution in [3.05, 3.63) is 52.0 Å². The van der Waals surface area contributed by atoms with E-state index in [9.17, 15) is 14.7 Å². The quantitative estimate of drug-likeness (QED) is 0.480. The van der Waals surface area contributed by atoms with E-state index in [1.54, 1.807) is 24.3 Å². The fourth-order valence-electron chi connectivity index (χ4n) is 2.03. The number of aromatic hydroxyl groups is 1. The van der Waals surface area contributed by atoms with Crippen molar-refractivity contribution < 1.29 is 19.4 Å². The summed E-state index contributed by atoms with van der Waals surface area (Å²) in [7, 11) is 1.50. The number of phenolic OH excluding ortho intramolecular Hbond substituents is 1. The molecule has 0 spiro atoms. The number of hydrogen-bond acceptors (Lipinski definition) is 5. The molecule has 9 heteroatoms. The van der Waals surface area contributed by atoms with Crippen molar-refractivity contribution in [3.8, 4) is 11.5 Å². The molecule has 27 heavy (non-hydrogen) atoms. The number of methoxy groups -OCH3 is 1. The molecule has 2 aromatic carbocycles. The lowest BCUT2D eigenvalue weighted by molar-refractivity contribution is -0.124. The van der Waals surface area contributed by atoms with Gasteiger partial charge in [0.25, 0.3) is 0 Å². The van der Waals surface area contributed by atoms with E-state index in [0.717, 1.165) is 0 Å². The topological polar surface area (TPSA) is 100 Å². The van der Waals surface area contributed by atoms with Crippen molar-refractivity contribution in [2.24, 2.45) is 5.10 Å². The van der Waals surface area contributed by atoms with Gasteiger partial charge in [0, 0.05) is 23.4 Å². The third kappa shape index (κ3) is 6.47. The predicted molar refractivity (Wildman–Crippen MR) is 105 cm³/mol. The van der Waals surface area contributed by atoms with Gasteiger partial charge >= 0.3 is 0 Å². The fourth-order valence-corrected chi connectivity index (χ4v) is 2.36. The van der Waals surface area contributed by atoms with Gasteiger partial charge in [0.1, 0.15) is 11.5 Å². The van der Waals surface area contributed by atoms with Gasteiger partial charge in [-0.15, -0.1) is 0 Å². The van der Waals surface area contributed by atoms with Gasteiger partial charge in [0.2, 0.25) is 11.8 Å². The largest absolute Gasteiger partial charge is 0.507 e. The van der Waals surface area contributed by atoms with Crippen molar-refractivity contribution >= 4 is 46.9 Å². The minimum atomic E-state index is -0.457. The average Bonchev–Trinajstić information content (AvgIpc) is 2.64. The fraction of sp³-hybridized carbons (Fsp3) is 0.167. The predicted octanol–water partition coefficient (Wildman–Crippen LogP) is 3.58. The maximum absolute atomic E-state index is 11.9. The van der Waals surface area contributed by atoms with Gasteiger partial charge in [0.15, 0.2) is 0 Å². The molecule has 0 saturated carbocycles. The number of halogens is 2. The SMILES string of the molecule is COc1ccc(O)c(C=NNC(=O)CCC(=O)Nc2cc(Cl)ccc2Cl)c1. The van der Waals surface area contributed by atoms with Gasteiger partial charge in [-0.1, -0.05) is 23.2 Å². The molecule has 0 atom stereocenters. The minimum Gasteiger partial charge on any atom is -0.507 e. The second kappa shape index (κ2) is 9.80. The molecular weight excluding hydrogens is 393 g/mol. The Bertz CT molecular complexity index is 872. The van der Waals surface area contributed by atoms with Crippen LogP contribution in [0, 0.1) is 0 Å². The normalized spacial score (nSPS) is 10.6. The number of hydrazone groups is 1. The van der Waals surface area contributed by atoms with E-state index >= 15 is 0 Å². The zero-order valence-electron chi connectivity index (χ0n) is 14.3. The highest BCUT2D eigenvalue weighted by molar-refractivity contribution is 6.35. The van der Waals surface area contributed by atoms with Gasteiger partial charge in [-0.3, -0.25) is 9.59 Å². The smallest absolute Gasteiger partial charge is 0.240 e. The lowest BCUT2D eigenvalue weighted by atomic mass is 10.2. The summed E-state index contributed by atoms with van der Waals surface area (Å²) in [5.74, 6) is -0.312. The molecule has 0 saturated heterocycles. The van der Waals surface area contributed by atoms with E-state index in [1.165, 1.54) is 25.5 Å². The molecule has 0 aliphatic rings. The molecule has 7 nitrogen and oxygen atoms in total. The van der Waals surface area contributed by atoms with Crippen LogP contribution in [0.2, 0.25) is 10.0 Å². The van der Waals surface area contributed by atoms with Gasteiger partial charge < -0.3 is 15.2 Å². The summed E-state index contributed by atoms with van der Waals surface area (Å²) >= 11 is 11.8. The van der Waals surface area contributed by atoms with Crippen LogP contribution in [0.5, 0.6) is 11.5 Å². The van der Waals surface area contributed by atoms with Crippen LogP contribution in [0.25, 0.3) is 0 Å². The number of nitrogens with zero attached hydrogens (tertiary/aromatic N) is 1. The molecule has 142 valence electrons. The lowest BCUT2D eigenvalue weighted by Gasteiger charge is -2.07. The van der Waals surface area contributed by atoms with Gasteiger partial charge in [0.05, 0.1) is 24.0 Å². The Kier molecular flexibility index (Phi) is 7.45. The molecule has 0 aliphatic carbocycles.